The Labute approximate surface area is 71.9 Å². The third-order valence-electron chi connectivity index (χ3n) is 2.00. The van der Waals surface area contributed by atoms with Crippen molar-refractivity contribution in [3.8, 4) is 0 Å². The Kier molecular flexibility index (Phi) is 0.999. The van der Waals surface area contributed by atoms with E-state index in [9.17, 15) is 4.79 Å². The van der Waals surface area contributed by atoms with Gasteiger partial charge in [-0.3, -0.25) is 4.79 Å². The van der Waals surface area contributed by atoms with Crippen LogP contribution in [-0.2, 0) is 0 Å². The van der Waals surface area contributed by atoms with Gasteiger partial charge >= 0.3 is 0 Å². The zero-order valence-corrected chi connectivity index (χ0v) is 6.51. The average molecular weight is 172 g/mol. The van der Waals surface area contributed by atoms with E-state index in [1.54, 1.807) is 18.2 Å². The van der Waals surface area contributed by atoms with Gasteiger partial charge in [0.1, 0.15) is 11.0 Å². The highest BCUT2D eigenvalue weighted by Crippen LogP contribution is 2.12. The van der Waals surface area contributed by atoms with Gasteiger partial charge in [0.25, 0.3) is 0 Å². The van der Waals surface area contributed by atoms with Crippen LogP contribution in [0.5, 0.6) is 0 Å². The van der Waals surface area contributed by atoms with E-state index in [1.807, 2.05) is 0 Å². The molecule has 0 saturated heterocycles. The summed E-state index contributed by atoms with van der Waals surface area (Å²) in [5.41, 5.74) is 1.29. The summed E-state index contributed by atoms with van der Waals surface area (Å²) in [7, 11) is 0. The molecule has 0 unspecified atom stereocenters. The first-order valence-electron chi connectivity index (χ1n) is 3.79. The van der Waals surface area contributed by atoms with Crippen molar-refractivity contribution in [3.63, 3.8) is 0 Å². The number of hydrogen-bond donors (Lipinski definition) is 0. The molecule has 0 bridgehead atoms. The fraction of sp³-hybridized carbons (Fsp3) is 0. The van der Waals surface area contributed by atoms with Gasteiger partial charge < -0.3 is 0 Å². The number of benzene rings is 1. The number of hydrogen-bond acceptors (Lipinski definition) is 4. The predicted molar refractivity (Wildman–Crippen MR) is 45.7 cm³/mol. The molecule has 2 aromatic heterocycles. The molecule has 62 valence electrons. The zero-order valence-electron chi connectivity index (χ0n) is 6.51. The lowest BCUT2D eigenvalue weighted by Crippen LogP contribution is -2.06. The van der Waals surface area contributed by atoms with Gasteiger partial charge in [-0.25, -0.2) is 0 Å². The van der Waals surface area contributed by atoms with E-state index >= 15 is 0 Å². The van der Waals surface area contributed by atoms with Gasteiger partial charge in [0.05, 0.1) is 11.6 Å². The Morgan fingerprint density at radius 1 is 1.31 bits per heavy atom. The maximum atomic E-state index is 11.4. The van der Waals surface area contributed by atoms with E-state index in [0.717, 1.165) is 0 Å². The second-order valence-corrected chi connectivity index (χ2v) is 2.76. The minimum Gasteiger partial charge on any atom is -0.287 e. The fourth-order valence-corrected chi connectivity index (χ4v) is 1.41. The molecular formula is C8H4N4O. The van der Waals surface area contributed by atoms with E-state index in [1.165, 1.54) is 10.8 Å². The van der Waals surface area contributed by atoms with Crippen molar-refractivity contribution in [3.05, 3.63) is 34.6 Å². The van der Waals surface area contributed by atoms with E-state index in [-0.39, 0.29) is 5.43 Å². The third kappa shape index (κ3) is 0.703. The average Bonchev–Trinajstić information content (AvgIpc) is 2.57. The molecule has 0 aliphatic rings. The second-order valence-electron chi connectivity index (χ2n) is 2.76. The Hall–Kier alpha value is -2.04. The Morgan fingerprint density at radius 3 is 3.15 bits per heavy atom. The summed E-state index contributed by atoms with van der Waals surface area (Å²) in [6.45, 7) is 0. The molecular weight excluding hydrogens is 168 g/mol. The zero-order chi connectivity index (χ0) is 8.84. The molecule has 0 aliphatic carbocycles. The molecule has 3 rings (SSSR count). The van der Waals surface area contributed by atoms with Gasteiger partial charge in [-0.1, -0.05) is 6.07 Å². The highest BCUT2D eigenvalue weighted by molar-refractivity contribution is 5.91. The molecule has 0 N–H and O–H groups in total. The molecule has 5 heteroatoms. The lowest BCUT2D eigenvalue weighted by Gasteiger charge is -1.92. The Balaban J connectivity index is 2.82. The number of rotatable bonds is 0. The SMILES string of the molecule is O=c1cnn2nnc3cccc1c32. The second kappa shape index (κ2) is 2.01. The summed E-state index contributed by atoms with van der Waals surface area (Å²) in [6, 6.07) is 5.33. The van der Waals surface area contributed by atoms with Gasteiger partial charge in [0.15, 0.2) is 0 Å². The van der Waals surface area contributed by atoms with Crippen LogP contribution in [0.1, 0.15) is 0 Å². The maximum absolute atomic E-state index is 11.4. The van der Waals surface area contributed by atoms with Crippen LogP contribution in [0, 0.1) is 0 Å². The summed E-state index contributed by atoms with van der Waals surface area (Å²) in [5.74, 6) is 0. The molecule has 0 spiro atoms. The van der Waals surface area contributed by atoms with Crippen LogP contribution in [0.25, 0.3) is 16.4 Å². The molecule has 2 heterocycles. The summed E-state index contributed by atoms with van der Waals surface area (Å²) >= 11 is 0. The van der Waals surface area contributed by atoms with Crippen molar-refractivity contribution in [1.82, 2.24) is 20.0 Å². The normalized spacial score (nSPS) is 11.4. The van der Waals surface area contributed by atoms with Crippen molar-refractivity contribution in [1.29, 1.82) is 0 Å². The highest BCUT2D eigenvalue weighted by atomic mass is 16.1. The smallest absolute Gasteiger partial charge is 0.208 e. The summed E-state index contributed by atoms with van der Waals surface area (Å²) in [6.07, 6.45) is 1.25. The molecule has 0 amide bonds. The van der Waals surface area contributed by atoms with Crippen molar-refractivity contribution >= 4 is 16.4 Å². The van der Waals surface area contributed by atoms with Crippen molar-refractivity contribution in [2.24, 2.45) is 0 Å². The monoisotopic (exact) mass is 172 g/mol. The summed E-state index contributed by atoms with van der Waals surface area (Å²) in [5, 5.41) is 12.1. The topological polar surface area (TPSA) is 60.2 Å². The van der Waals surface area contributed by atoms with Gasteiger partial charge in [-0.15, -0.1) is 9.73 Å². The third-order valence-corrected chi connectivity index (χ3v) is 2.00. The number of para-hydroxylation sites is 1. The Bertz CT molecular complexity index is 615. The van der Waals surface area contributed by atoms with E-state index in [2.05, 4.69) is 15.4 Å². The largest absolute Gasteiger partial charge is 0.287 e. The van der Waals surface area contributed by atoms with E-state index in [4.69, 9.17) is 0 Å². The highest BCUT2D eigenvalue weighted by Gasteiger charge is 2.07. The molecule has 3 aromatic rings. The van der Waals surface area contributed by atoms with Crippen LogP contribution in [0.4, 0.5) is 0 Å². The Morgan fingerprint density at radius 2 is 2.23 bits per heavy atom. The van der Waals surface area contributed by atoms with Crippen LogP contribution in [0.15, 0.2) is 29.2 Å². The minimum absolute atomic E-state index is 0.0969. The van der Waals surface area contributed by atoms with Crippen LogP contribution in [0.3, 0.4) is 0 Å². The fourth-order valence-electron chi connectivity index (χ4n) is 1.41. The van der Waals surface area contributed by atoms with Crippen LogP contribution >= 0.6 is 0 Å². The van der Waals surface area contributed by atoms with Crippen LogP contribution in [0.2, 0.25) is 0 Å². The van der Waals surface area contributed by atoms with Gasteiger partial charge in [0, 0.05) is 0 Å². The van der Waals surface area contributed by atoms with Gasteiger partial charge in [0.2, 0.25) is 5.43 Å². The molecule has 0 aliphatic heterocycles. The first kappa shape index (κ1) is 6.47. The lowest BCUT2D eigenvalue weighted by atomic mass is 10.2. The van der Waals surface area contributed by atoms with Crippen molar-refractivity contribution in [2.45, 2.75) is 0 Å². The van der Waals surface area contributed by atoms with E-state index in [0.29, 0.717) is 16.4 Å². The number of nitrogens with zero attached hydrogens (tertiary/aromatic N) is 4. The van der Waals surface area contributed by atoms with Crippen LogP contribution < -0.4 is 5.43 Å². The molecule has 1 aromatic carbocycles. The molecule has 0 fully saturated rings. The first-order valence-corrected chi connectivity index (χ1v) is 3.79. The van der Waals surface area contributed by atoms with E-state index < -0.39 is 0 Å². The molecule has 0 saturated carbocycles. The quantitative estimate of drug-likeness (QED) is 0.481. The molecule has 13 heavy (non-hydrogen) atoms. The lowest BCUT2D eigenvalue weighted by molar-refractivity contribution is 0.745. The molecule has 0 atom stereocenters. The predicted octanol–water partition coefficient (Wildman–Crippen LogP) is 0.0755. The summed E-state index contributed by atoms with van der Waals surface area (Å²) in [4.78, 5) is 11.4. The van der Waals surface area contributed by atoms with Crippen LogP contribution in [-0.4, -0.2) is 20.0 Å². The number of aromatic nitrogens is 4. The maximum Gasteiger partial charge on any atom is 0.208 e. The molecule has 0 radical (unpaired) electrons. The standard InChI is InChI=1S/C8H4N4O/c13-7-4-9-12-8-5(7)2-1-3-6(8)10-11-12/h1-4H. The minimum atomic E-state index is -0.0969. The first-order chi connectivity index (χ1) is 6.36. The van der Waals surface area contributed by atoms with Gasteiger partial charge in [-0.2, -0.15) is 5.10 Å². The summed E-state index contributed by atoms with van der Waals surface area (Å²) < 4.78 is 1.37. The molecule has 5 nitrogen and oxygen atoms in total. The van der Waals surface area contributed by atoms with Gasteiger partial charge in [-0.05, 0) is 17.3 Å². The van der Waals surface area contributed by atoms with Crippen molar-refractivity contribution in [2.75, 3.05) is 0 Å². The van der Waals surface area contributed by atoms with Crippen molar-refractivity contribution < 1.29 is 0 Å².